The number of H-pyrrole nitrogens is 1. The van der Waals surface area contributed by atoms with Crippen LogP contribution in [0.4, 0.5) is 4.39 Å². The Morgan fingerprint density at radius 1 is 1.29 bits per heavy atom. The van der Waals surface area contributed by atoms with Crippen LogP contribution in [0.2, 0.25) is 0 Å². The normalized spacial score (nSPS) is 16.6. The average Bonchev–Trinajstić information content (AvgIpc) is 2.90. The molecule has 5 heteroatoms. The van der Waals surface area contributed by atoms with E-state index in [1.165, 1.54) is 25.3 Å². The molecule has 0 saturated carbocycles. The van der Waals surface area contributed by atoms with Gasteiger partial charge in [0.25, 0.3) is 0 Å². The van der Waals surface area contributed by atoms with E-state index in [0.717, 1.165) is 36.0 Å². The number of likely N-dealkylation sites (tertiary alicyclic amines) is 1. The van der Waals surface area contributed by atoms with Crippen molar-refractivity contribution in [3.05, 3.63) is 35.8 Å². The number of aliphatic imine (C=N–C) groups is 1. The van der Waals surface area contributed by atoms with Gasteiger partial charge in [-0.1, -0.05) is 0 Å². The molecule has 0 spiro atoms. The van der Waals surface area contributed by atoms with Crippen molar-refractivity contribution in [2.24, 2.45) is 10.7 Å². The van der Waals surface area contributed by atoms with Crippen molar-refractivity contribution in [1.29, 1.82) is 0 Å². The zero-order valence-corrected chi connectivity index (χ0v) is 12.1. The summed E-state index contributed by atoms with van der Waals surface area (Å²) >= 11 is 0. The lowest BCUT2D eigenvalue weighted by atomic mass is 10.1. The molecule has 0 radical (unpaired) electrons. The Hall–Kier alpha value is -2.04. The molecule has 0 bridgehead atoms. The monoisotopic (exact) mass is 288 g/mol. The summed E-state index contributed by atoms with van der Waals surface area (Å²) in [4.78, 5) is 9.78. The fourth-order valence-electron chi connectivity index (χ4n) is 2.87. The van der Waals surface area contributed by atoms with E-state index < -0.39 is 0 Å². The number of nitrogens with two attached hydrogens (primary N) is 1. The van der Waals surface area contributed by atoms with Crippen molar-refractivity contribution in [2.45, 2.75) is 25.7 Å². The van der Waals surface area contributed by atoms with Gasteiger partial charge in [-0.3, -0.25) is 4.99 Å². The maximum Gasteiger partial charge on any atom is 0.191 e. The molecule has 2 aromatic rings. The van der Waals surface area contributed by atoms with E-state index in [2.05, 4.69) is 14.9 Å². The lowest BCUT2D eigenvalue weighted by Gasteiger charge is -2.27. The number of rotatable bonds is 3. The maximum absolute atomic E-state index is 13.3. The zero-order chi connectivity index (χ0) is 14.7. The molecule has 1 fully saturated rings. The number of aromatic nitrogens is 1. The van der Waals surface area contributed by atoms with Crippen molar-refractivity contribution in [2.75, 3.05) is 19.6 Å². The topological polar surface area (TPSA) is 57.4 Å². The minimum absolute atomic E-state index is 0.209. The molecule has 21 heavy (non-hydrogen) atoms. The van der Waals surface area contributed by atoms with E-state index in [1.807, 2.05) is 6.20 Å². The minimum Gasteiger partial charge on any atom is -0.370 e. The summed E-state index contributed by atoms with van der Waals surface area (Å²) in [6.45, 7) is 2.65. The van der Waals surface area contributed by atoms with Crippen molar-refractivity contribution in [3.8, 4) is 0 Å². The Bertz CT molecular complexity index is 641. The highest BCUT2D eigenvalue weighted by Gasteiger charge is 2.11. The molecule has 0 aliphatic carbocycles. The van der Waals surface area contributed by atoms with Crippen LogP contribution < -0.4 is 5.73 Å². The Morgan fingerprint density at radius 3 is 2.90 bits per heavy atom. The van der Waals surface area contributed by atoms with Gasteiger partial charge in [0.2, 0.25) is 0 Å². The van der Waals surface area contributed by atoms with Crippen molar-refractivity contribution < 1.29 is 4.39 Å². The maximum atomic E-state index is 13.3. The van der Waals surface area contributed by atoms with Gasteiger partial charge < -0.3 is 15.6 Å². The summed E-state index contributed by atoms with van der Waals surface area (Å²) in [6, 6.07) is 4.80. The molecule has 112 valence electrons. The number of halogens is 1. The van der Waals surface area contributed by atoms with Gasteiger partial charge in [0.15, 0.2) is 5.96 Å². The smallest absolute Gasteiger partial charge is 0.191 e. The molecule has 3 N–H and O–H groups in total. The van der Waals surface area contributed by atoms with Gasteiger partial charge in [-0.25, -0.2) is 4.39 Å². The highest BCUT2D eigenvalue weighted by atomic mass is 19.1. The van der Waals surface area contributed by atoms with Gasteiger partial charge in [-0.2, -0.15) is 0 Å². The molecule has 1 saturated heterocycles. The zero-order valence-electron chi connectivity index (χ0n) is 12.1. The first-order valence-corrected chi connectivity index (χ1v) is 7.54. The SMILES string of the molecule is NC(=NCCc1c[nH]c2ccc(F)cc12)N1CCCCC1. The Balaban J connectivity index is 1.64. The molecule has 2 heterocycles. The highest BCUT2D eigenvalue weighted by Crippen LogP contribution is 2.19. The second kappa shape index (κ2) is 6.16. The van der Waals surface area contributed by atoms with E-state index in [0.29, 0.717) is 12.5 Å². The highest BCUT2D eigenvalue weighted by molar-refractivity contribution is 5.83. The predicted molar refractivity (Wildman–Crippen MR) is 83.9 cm³/mol. The third kappa shape index (κ3) is 3.17. The molecule has 0 unspecified atom stereocenters. The molecule has 1 aliphatic heterocycles. The molecule has 0 atom stereocenters. The molecule has 1 aromatic carbocycles. The number of guanidine groups is 1. The lowest BCUT2D eigenvalue weighted by molar-refractivity contribution is 0.338. The van der Waals surface area contributed by atoms with Gasteiger partial charge in [0.1, 0.15) is 5.82 Å². The second-order valence-electron chi connectivity index (χ2n) is 5.54. The number of hydrogen-bond donors (Lipinski definition) is 2. The third-order valence-electron chi connectivity index (χ3n) is 4.06. The largest absolute Gasteiger partial charge is 0.370 e. The van der Waals surface area contributed by atoms with E-state index in [4.69, 9.17) is 5.73 Å². The Morgan fingerprint density at radius 2 is 2.10 bits per heavy atom. The van der Waals surface area contributed by atoms with Gasteiger partial charge >= 0.3 is 0 Å². The van der Waals surface area contributed by atoms with Gasteiger partial charge in [-0.05, 0) is 49.4 Å². The summed E-state index contributed by atoms with van der Waals surface area (Å²) in [5.41, 5.74) is 8.07. The van der Waals surface area contributed by atoms with Crippen molar-refractivity contribution in [3.63, 3.8) is 0 Å². The predicted octanol–water partition coefficient (Wildman–Crippen LogP) is 2.65. The van der Waals surface area contributed by atoms with E-state index in [-0.39, 0.29) is 5.82 Å². The minimum atomic E-state index is -0.209. The number of aromatic amines is 1. The van der Waals surface area contributed by atoms with Crippen LogP contribution >= 0.6 is 0 Å². The van der Waals surface area contributed by atoms with Gasteiger partial charge in [-0.15, -0.1) is 0 Å². The standard InChI is InChI=1S/C16H21FN4/c17-13-4-5-15-14(10-13)12(11-20-15)6-7-19-16(18)21-8-2-1-3-9-21/h4-5,10-11,20H,1-3,6-9H2,(H2,18,19). The molecular formula is C16H21FN4. The second-order valence-corrected chi connectivity index (χ2v) is 5.54. The van der Waals surface area contributed by atoms with Crippen LogP contribution in [-0.4, -0.2) is 35.5 Å². The van der Waals surface area contributed by atoms with Crippen LogP contribution in [0.3, 0.4) is 0 Å². The van der Waals surface area contributed by atoms with Crippen LogP contribution in [0.25, 0.3) is 10.9 Å². The summed E-state index contributed by atoms with van der Waals surface area (Å²) in [5, 5.41) is 0.932. The number of benzene rings is 1. The summed E-state index contributed by atoms with van der Waals surface area (Å²) in [5.74, 6) is 0.431. The number of nitrogens with zero attached hydrogens (tertiary/aromatic N) is 2. The van der Waals surface area contributed by atoms with Gasteiger partial charge in [0.05, 0.1) is 0 Å². The molecular weight excluding hydrogens is 267 g/mol. The first kappa shape index (κ1) is 13.9. The van der Waals surface area contributed by atoms with Gasteiger partial charge in [0, 0.05) is 36.7 Å². The quantitative estimate of drug-likeness (QED) is 0.674. The van der Waals surface area contributed by atoms with Crippen LogP contribution in [-0.2, 0) is 6.42 Å². The van der Waals surface area contributed by atoms with Crippen LogP contribution in [0, 0.1) is 5.82 Å². The summed E-state index contributed by atoms with van der Waals surface area (Å²) < 4.78 is 13.3. The van der Waals surface area contributed by atoms with E-state index in [1.54, 1.807) is 12.1 Å². The summed E-state index contributed by atoms with van der Waals surface area (Å²) in [6.07, 6.45) is 6.36. The first-order chi connectivity index (χ1) is 10.2. The molecule has 1 aliphatic rings. The third-order valence-corrected chi connectivity index (χ3v) is 4.06. The molecule has 3 rings (SSSR count). The number of nitrogens with one attached hydrogen (secondary N) is 1. The Kier molecular flexibility index (Phi) is 4.08. The van der Waals surface area contributed by atoms with Crippen molar-refractivity contribution in [1.82, 2.24) is 9.88 Å². The number of hydrogen-bond acceptors (Lipinski definition) is 1. The fraction of sp³-hybridized carbons (Fsp3) is 0.438. The molecule has 1 aromatic heterocycles. The number of piperidine rings is 1. The molecule has 0 amide bonds. The first-order valence-electron chi connectivity index (χ1n) is 7.54. The fourth-order valence-corrected chi connectivity index (χ4v) is 2.87. The van der Waals surface area contributed by atoms with Crippen LogP contribution in [0.5, 0.6) is 0 Å². The van der Waals surface area contributed by atoms with E-state index >= 15 is 0 Å². The van der Waals surface area contributed by atoms with Crippen LogP contribution in [0.1, 0.15) is 24.8 Å². The Labute approximate surface area is 123 Å². The van der Waals surface area contributed by atoms with E-state index in [9.17, 15) is 4.39 Å². The van der Waals surface area contributed by atoms with Crippen molar-refractivity contribution >= 4 is 16.9 Å². The van der Waals surface area contributed by atoms with Crippen LogP contribution in [0.15, 0.2) is 29.4 Å². The lowest BCUT2D eigenvalue weighted by Crippen LogP contribution is -2.41. The summed E-state index contributed by atoms with van der Waals surface area (Å²) in [7, 11) is 0. The number of fused-ring (bicyclic) bond motifs is 1. The molecule has 4 nitrogen and oxygen atoms in total. The average molecular weight is 288 g/mol.